The van der Waals surface area contributed by atoms with Crippen LogP contribution in [0.1, 0.15) is 23.1 Å². The maximum Gasteiger partial charge on any atom is 0.266 e. The van der Waals surface area contributed by atoms with Gasteiger partial charge in [-0.1, -0.05) is 0 Å². The lowest BCUT2D eigenvalue weighted by Crippen LogP contribution is -2.41. The molecule has 154 valence electrons. The summed E-state index contributed by atoms with van der Waals surface area (Å²) < 4.78 is 56.1. The zero-order chi connectivity index (χ0) is 21.6. The Hall–Kier alpha value is -3.34. The molecule has 1 aliphatic rings. The molecule has 0 radical (unpaired) electrons. The van der Waals surface area contributed by atoms with Crippen LogP contribution >= 0.6 is 11.3 Å². The van der Waals surface area contributed by atoms with Crippen molar-refractivity contribution < 1.29 is 22.4 Å². The molecule has 1 aliphatic heterocycles. The molecule has 2 N–H and O–H groups in total. The number of benzene rings is 1. The Kier molecular flexibility index (Phi) is 4.77. The highest BCUT2D eigenvalue weighted by molar-refractivity contribution is 7.07. The fourth-order valence-electron chi connectivity index (χ4n) is 3.30. The third kappa shape index (κ3) is 2.93. The molecular formula is C19H13F4N5OS. The first kappa shape index (κ1) is 20.0. The number of alkyl halides is 2. The number of pyridine rings is 1. The SMILES string of the molecule is CN1C(=O)C(c2cncc(C(F)F)c2)(c2cc(-c3cscn3)c(F)cc2F)N=C1N. The minimum absolute atomic E-state index is 0.0684. The summed E-state index contributed by atoms with van der Waals surface area (Å²) in [6.45, 7) is 0. The average Bonchev–Trinajstić information content (AvgIpc) is 3.32. The van der Waals surface area contributed by atoms with Gasteiger partial charge in [-0.05, 0) is 12.1 Å². The number of rotatable bonds is 4. The summed E-state index contributed by atoms with van der Waals surface area (Å²) in [6.07, 6.45) is -0.820. The summed E-state index contributed by atoms with van der Waals surface area (Å²) in [4.78, 5) is 26.1. The minimum Gasteiger partial charge on any atom is -0.369 e. The van der Waals surface area contributed by atoms with E-state index in [2.05, 4.69) is 15.0 Å². The molecule has 0 saturated heterocycles. The van der Waals surface area contributed by atoms with Gasteiger partial charge in [0.05, 0.1) is 11.2 Å². The molecule has 6 nitrogen and oxygen atoms in total. The van der Waals surface area contributed by atoms with Crippen molar-refractivity contribution in [1.29, 1.82) is 0 Å². The fourth-order valence-corrected chi connectivity index (χ4v) is 3.86. The van der Waals surface area contributed by atoms with Crippen LogP contribution in [-0.2, 0) is 10.3 Å². The van der Waals surface area contributed by atoms with Crippen LogP contribution < -0.4 is 5.73 Å². The molecule has 30 heavy (non-hydrogen) atoms. The van der Waals surface area contributed by atoms with E-state index in [0.29, 0.717) is 6.07 Å². The Balaban J connectivity index is 2.03. The predicted molar refractivity (Wildman–Crippen MR) is 102 cm³/mol. The van der Waals surface area contributed by atoms with E-state index in [9.17, 15) is 18.0 Å². The van der Waals surface area contributed by atoms with Gasteiger partial charge in [-0.3, -0.25) is 14.7 Å². The summed E-state index contributed by atoms with van der Waals surface area (Å²) in [7, 11) is 1.32. The molecule has 2 aromatic heterocycles. The number of thiazole rings is 1. The lowest BCUT2D eigenvalue weighted by atomic mass is 9.82. The number of guanidine groups is 1. The van der Waals surface area contributed by atoms with Crippen LogP contribution in [0.25, 0.3) is 11.3 Å². The summed E-state index contributed by atoms with van der Waals surface area (Å²) in [6, 6.07) is 2.72. The second-order valence-corrected chi connectivity index (χ2v) is 7.26. The molecule has 1 atom stereocenters. The van der Waals surface area contributed by atoms with E-state index in [0.717, 1.165) is 29.4 Å². The van der Waals surface area contributed by atoms with Crippen LogP contribution in [0.5, 0.6) is 0 Å². The number of nitrogens with two attached hydrogens (primary N) is 1. The number of hydrogen-bond acceptors (Lipinski definition) is 6. The molecule has 0 spiro atoms. The monoisotopic (exact) mass is 435 g/mol. The van der Waals surface area contributed by atoms with Gasteiger partial charge in [-0.15, -0.1) is 11.3 Å². The van der Waals surface area contributed by atoms with Gasteiger partial charge in [-0.2, -0.15) is 0 Å². The van der Waals surface area contributed by atoms with Gasteiger partial charge < -0.3 is 5.73 Å². The fraction of sp³-hybridized carbons (Fsp3) is 0.158. The highest BCUT2D eigenvalue weighted by atomic mass is 32.1. The largest absolute Gasteiger partial charge is 0.369 e. The van der Waals surface area contributed by atoms with Crippen LogP contribution in [0.4, 0.5) is 17.6 Å². The molecule has 0 fully saturated rings. The topological polar surface area (TPSA) is 84.5 Å². The van der Waals surface area contributed by atoms with E-state index in [1.54, 1.807) is 5.38 Å². The predicted octanol–water partition coefficient (Wildman–Crippen LogP) is 3.45. The number of nitrogens with zero attached hydrogens (tertiary/aromatic N) is 4. The molecule has 4 rings (SSSR count). The van der Waals surface area contributed by atoms with Crippen molar-refractivity contribution in [3.8, 4) is 11.3 Å². The molecule has 1 aromatic carbocycles. The first-order valence-corrected chi connectivity index (χ1v) is 9.45. The average molecular weight is 435 g/mol. The summed E-state index contributed by atoms with van der Waals surface area (Å²) in [5, 5.41) is 1.55. The Morgan fingerprint density at radius 1 is 1.17 bits per heavy atom. The van der Waals surface area contributed by atoms with Crippen LogP contribution in [0.2, 0.25) is 0 Å². The highest BCUT2D eigenvalue weighted by Gasteiger charge is 2.51. The number of carbonyl (C=O) groups excluding carboxylic acids is 1. The first-order chi connectivity index (χ1) is 14.3. The number of carbonyl (C=O) groups is 1. The van der Waals surface area contributed by atoms with Crippen molar-refractivity contribution in [2.24, 2.45) is 10.7 Å². The highest BCUT2D eigenvalue weighted by Crippen LogP contribution is 2.42. The van der Waals surface area contributed by atoms with Crippen molar-refractivity contribution in [3.05, 3.63) is 69.8 Å². The lowest BCUT2D eigenvalue weighted by molar-refractivity contribution is -0.129. The molecule has 0 saturated carbocycles. The zero-order valence-electron chi connectivity index (χ0n) is 15.3. The normalized spacial score (nSPS) is 18.9. The van der Waals surface area contributed by atoms with Crippen LogP contribution in [0.3, 0.4) is 0 Å². The third-order valence-electron chi connectivity index (χ3n) is 4.82. The molecular weight excluding hydrogens is 422 g/mol. The van der Waals surface area contributed by atoms with Crippen molar-refractivity contribution in [1.82, 2.24) is 14.9 Å². The molecule has 0 aliphatic carbocycles. The second-order valence-electron chi connectivity index (χ2n) is 6.54. The molecule has 1 unspecified atom stereocenters. The molecule has 11 heteroatoms. The number of likely N-dealkylation sites (N-methyl/N-ethyl adjacent to an activating group) is 1. The van der Waals surface area contributed by atoms with Crippen molar-refractivity contribution in [2.45, 2.75) is 12.0 Å². The number of aliphatic imine (C=N–C) groups is 1. The van der Waals surface area contributed by atoms with Gasteiger partial charge in [0.2, 0.25) is 0 Å². The Morgan fingerprint density at radius 3 is 2.53 bits per heavy atom. The second kappa shape index (κ2) is 7.17. The summed E-state index contributed by atoms with van der Waals surface area (Å²) >= 11 is 1.20. The maximum absolute atomic E-state index is 15.0. The van der Waals surface area contributed by atoms with Gasteiger partial charge in [0.1, 0.15) is 11.6 Å². The lowest BCUT2D eigenvalue weighted by Gasteiger charge is -2.27. The van der Waals surface area contributed by atoms with E-state index in [4.69, 9.17) is 5.73 Å². The van der Waals surface area contributed by atoms with Gasteiger partial charge in [0.15, 0.2) is 11.5 Å². The summed E-state index contributed by atoms with van der Waals surface area (Å²) in [5.41, 5.74) is 4.34. The minimum atomic E-state index is -2.88. The van der Waals surface area contributed by atoms with Crippen LogP contribution in [-0.4, -0.2) is 33.8 Å². The quantitative estimate of drug-likeness (QED) is 0.637. The number of aromatic nitrogens is 2. The molecule has 3 aromatic rings. The summed E-state index contributed by atoms with van der Waals surface area (Å²) in [5.74, 6) is -3.02. The maximum atomic E-state index is 15.0. The smallest absolute Gasteiger partial charge is 0.266 e. The third-order valence-corrected chi connectivity index (χ3v) is 5.41. The Bertz CT molecular complexity index is 1170. The van der Waals surface area contributed by atoms with E-state index in [1.165, 1.54) is 23.9 Å². The van der Waals surface area contributed by atoms with E-state index < -0.39 is 35.1 Å². The van der Waals surface area contributed by atoms with E-state index in [-0.39, 0.29) is 28.3 Å². The molecule has 1 amide bonds. The van der Waals surface area contributed by atoms with Crippen LogP contribution in [0.15, 0.2) is 46.5 Å². The van der Waals surface area contributed by atoms with Gasteiger partial charge in [0.25, 0.3) is 12.3 Å². The van der Waals surface area contributed by atoms with Gasteiger partial charge in [-0.25, -0.2) is 27.5 Å². The molecule has 3 heterocycles. The van der Waals surface area contributed by atoms with E-state index in [1.807, 2.05) is 0 Å². The van der Waals surface area contributed by atoms with Gasteiger partial charge in [0, 0.05) is 53.1 Å². The first-order valence-electron chi connectivity index (χ1n) is 8.51. The van der Waals surface area contributed by atoms with Crippen molar-refractivity contribution in [2.75, 3.05) is 7.05 Å². The Labute approximate surface area is 171 Å². The Morgan fingerprint density at radius 2 is 1.93 bits per heavy atom. The van der Waals surface area contributed by atoms with Crippen LogP contribution in [0, 0.1) is 11.6 Å². The molecule has 0 bridgehead atoms. The van der Waals surface area contributed by atoms with Crippen molar-refractivity contribution >= 4 is 23.2 Å². The number of halogens is 4. The van der Waals surface area contributed by atoms with E-state index >= 15 is 4.39 Å². The number of hydrogen-bond donors (Lipinski definition) is 1. The van der Waals surface area contributed by atoms with Crippen molar-refractivity contribution in [3.63, 3.8) is 0 Å². The zero-order valence-corrected chi connectivity index (χ0v) is 16.1. The number of amides is 1. The van der Waals surface area contributed by atoms with Gasteiger partial charge >= 0.3 is 0 Å². The standard InChI is InChI=1S/C19H13F4N5OS/c1-28-17(29)19(27-18(28)24,10-2-9(16(22)23)5-25-6-10)12-3-11(13(20)4-14(12)21)15-7-30-8-26-15/h2-8,16H,1H3,(H2,24,27).